The highest BCUT2D eigenvalue weighted by molar-refractivity contribution is 5.70. The van der Waals surface area contributed by atoms with Gasteiger partial charge in [0.1, 0.15) is 0 Å². The maximum absolute atomic E-state index is 10.2. The normalized spacial score (nSPS) is 8.31. The summed E-state index contributed by atoms with van der Waals surface area (Å²) in [5.74, 6) is -1.11. The van der Waals surface area contributed by atoms with Gasteiger partial charge in [-0.1, -0.05) is 36.9 Å². The summed E-state index contributed by atoms with van der Waals surface area (Å²) in [5, 5.41) is 8.37. The van der Waals surface area contributed by atoms with Gasteiger partial charge in [0, 0.05) is 6.92 Å². The number of esters is 1. The summed E-state index contributed by atoms with van der Waals surface area (Å²) in [4.78, 5) is 19.9. The minimum Gasteiger partial charge on any atom is -0.481 e. The Morgan fingerprint density at radius 1 is 1.38 bits per heavy atom. The molecule has 1 N–H and O–H groups in total. The lowest BCUT2D eigenvalue weighted by Gasteiger charge is -1.92. The van der Waals surface area contributed by atoms with Crippen LogP contribution in [0.1, 0.15) is 12.5 Å². The van der Waals surface area contributed by atoms with Gasteiger partial charge in [0.2, 0.25) is 0 Å². The van der Waals surface area contributed by atoms with Crippen molar-refractivity contribution in [1.82, 2.24) is 0 Å². The zero-order valence-corrected chi connectivity index (χ0v) is 9.05. The van der Waals surface area contributed by atoms with Crippen molar-refractivity contribution in [3.63, 3.8) is 0 Å². The fourth-order valence-corrected chi connectivity index (χ4v) is 0.888. The molecule has 0 unspecified atom stereocenters. The predicted molar refractivity (Wildman–Crippen MR) is 59.7 cm³/mol. The molecule has 0 aliphatic heterocycles. The molecule has 16 heavy (non-hydrogen) atoms. The van der Waals surface area contributed by atoms with E-state index in [1.54, 1.807) is 12.1 Å². The molecule has 1 aromatic carbocycles. The van der Waals surface area contributed by atoms with E-state index in [1.807, 2.05) is 18.2 Å². The van der Waals surface area contributed by atoms with Gasteiger partial charge in [0.25, 0.3) is 0 Å². The maximum Gasteiger partial charge on any atom is 0.307 e. The van der Waals surface area contributed by atoms with E-state index in [-0.39, 0.29) is 12.4 Å². The number of hydrogen-bond acceptors (Lipinski definition) is 3. The van der Waals surface area contributed by atoms with E-state index in [9.17, 15) is 9.59 Å². The number of rotatable bonds is 3. The average molecular weight is 222 g/mol. The summed E-state index contributed by atoms with van der Waals surface area (Å²) in [6.07, 6.45) is 1.21. The Morgan fingerprint density at radius 3 is 2.25 bits per heavy atom. The molecule has 0 aliphatic rings. The molecular weight excluding hydrogens is 208 g/mol. The smallest absolute Gasteiger partial charge is 0.307 e. The second-order valence-electron chi connectivity index (χ2n) is 2.83. The van der Waals surface area contributed by atoms with Gasteiger partial charge < -0.3 is 9.84 Å². The van der Waals surface area contributed by atoms with E-state index in [0.717, 1.165) is 11.8 Å². The van der Waals surface area contributed by atoms with E-state index in [4.69, 9.17) is 5.11 Å². The second kappa shape index (κ2) is 8.23. The number of benzene rings is 1. The van der Waals surface area contributed by atoms with Gasteiger partial charge in [0.15, 0.2) is 0 Å². The van der Waals surface area contributed by atoms with Gasteiger partial charge in [-0.05, 0) is 5.56 Å². The molecule has 0 amide bonds. The summed E-state index contributed by atoms with van der Waals surface area (Å²) >= 11 is 0. The lowest BCUT2D eigenvalue weighted by molar-refractivity contribution is -0.136. The number of carboxylic acid groups (broad SMARTS) is 1. The van der Waals surface area contributed by atoms with Crippen molar-refractivity contribution in [1.29, 1.82) is 0 Å². The first-order chi connectivity index (χ1) is 7.56. The average Bonchev–Trinajstić information content (AvgIpc) is 2.18. The van der Waals surface area contributed by atoms with Crippen LogP contribution in [0.25, 0.3) is 0 Å². The molecule has 0 bridgehead atoms. The summed E-state index contributed by atoms with van der Waals surface area (Å²) in [6, 6.07) is 9.13. The first kappa shape index (κ1) is 13.9. The Labute approximate surface area is 94.2 Å². The summed E-state index contributed by atoms with van der Waals surface area (Å²) in [5.41, 5.74) is 0.843. The van der Waals surface area contributed by atoms with E-state index in [0.29, 0.717) is 0 Å². The summed E-state index contributed by atoms with van der Waals surface area (Å²) in [6.45, 7) is 4.48. The largest absolute Gasteiger partial charge is 0.481 e. The molecule has 0 heterocycles. The second-order valence-corrected chi connectivity index (χ2v) is 2.83. The van der Waals surface area contributed by atoms with Gasteiger partial charge in [-0.3, -0.25) is 9.59 Å². The van der Waals surface area contributed by atoms with Crippen LogP contribution in [-0.2, 0) is 20.7 Å². The molecule has 4 heteroatoms. The molecule has 0 saturated heterocycles. The quantitative estimate of drug-likeness (QED) is 0.627. The van der Waals surface area contributed by atoms with Crippen molar-refractivity contribution >= 4 is 11.9 Å². The lowest BCUT2D eigenvalue weighted by atomic mass is 10.2. The van der Waals surface area contributed by atoms with Gasteiger partial charge in [-0.2, -0.15) is 0 Å². The van der Waals surface area contributed by atoms with Gasteiger partial charge in [0.05, 0.1) is 12.7 Å². The first-order valence-corrected chi connectivity index (χ1v) is 4.60. The Kier molecular flexibility index (Phi) is 7.15. The minimum atomic E-state index is -0.786. The van der Waals surface area contributed by atoms with Crippen LogP contribution in [0.5, 0.6) is 0 Å². The van der Waals surface area contributed by atoms with Crippen molar-refractivity contribution < 1.29 is 19.4 Å². The molecule has 0 spiro atoms. The first-order valence-electron chi connectivity index (χ1n) is 4.60. The molecular formula is C12H14O4. The molecule has 0 saturated carbocycles. The molecule has 1 rings (SSSR count). The number of carbonyl (C=O) groups excluding carboxylic acids is 1. The van der Waals surface area contributed by atoms with Crippen LogP contribution in [0.4, 0.5) is 0 Å². The summed E-state index contributed by atoms with van der Waals surface area (Å²) < 4.78 is 4.17. The highest BCUT2D eigenvalue weighted by Crippen LogP contribution is 1.98. The topological polar surface area (TPSA) is 63.6 Å². The van der Waals surface area contributed by atoms with Crippen LogP contribution in [-0.4, -0.2) is 17.0 Å². The third-order valence-corrected chi connectivity index (χ3v) is 1.45. The molecule has 0 aliphatic carbocycles. The number of aliphatic carboxylic acids is 1. The Hall–Kier alpha value is -2.10. The van der Waals surface area contributed by atoms with Crippen molar-refractivity contribution in [2.75, 3.05) is 0 Å². The number of ether oxygens (including phenoxy) is 1. The van der Waals surface area contributed by atoms with E-state index >= 15 is 0 Å². The lowest BCUT2D eigenvalue weighted by Crippen LogP contribution is -1.98. The molecule has 4 nitrogen and oxygen atoms in total. The molecule has 86 valence electrons. The SMILES string of the molecule is C=COC(C)=O.O=C(O)Cc1ccccc1. The zero-order valence-electron chi connectivity index (χ0n) is 9.05. The van der Waals surface area contributed by atoms with Crippen molar-refractivity contribution in [3.8, 4) is 0 Å². The highest BCUT2D eigenvalue weighted by Gasteiger charge is 1.96. The van der Waals surface area contributed by atoms with E-state index in [2.05, 4.69) is 11.3 Å². The fraction of sp³-hybridized carbons (Fsp3) is 0.167. The van der Waals surface area contributed by atoms with Crippen LogP contribution >= 0.6 is 0 Å². The molecule has 0 radical (unpaired) electrons. The van der Waals surface area contributed by atoms with Gasteiger partial charge in [-0.15, -0.1) is 0 Å². The van der Waals surface area contributed by atoms with Crippen LogP contribution in [0, 0.1) is 0 Å². The number of carboxylic acids is 1. The monoisotopic (exact) mass is 222 g/mol. The predicted octanol–water partition coefficient (Wildman–Crippen LogP) is 2.01. The fourth-order valence-electron chi connectivity index (χ4n) is 0.888. The van der Waals surface area contributed by atoms with Crippen molar-refractivity contribution in [3.05, 3.63) is 48.7 Å². The Balaban J connectivity index is 0.000000325. The third-order valence-electron chi connectivity index (χ3n) is 1.45. The van der Waals surface area contributed by atoms with Gasteiger partial charge >= 0.3 is 11.9 Å². The molecule has 1 aromatic rings. The van der Waals surface area contributed by atoms with E-state index in [1.165, 1.54) is 6.92 Å². The van der Waals surface area contributed by atoms with Crippen LogP contribution in [0.15, 0.2) is 43.2 Å². The highest BCUT2D eigenvalue weighted by atomic mass is 16.5. The Morgan fingerprint density at radius 2 is 1.94 bits per heavy atom. The minimum absolute atomic E-state index is 0.112. The number of hydrogen-bond donors (Lipinski definition) is 1. The van der Waals surface area contributed by atoms with Crippen molar-refractivity contribution in [2.24, 2.45) is 0 Å². The molecule has 0 atom stereocenters. The number of carbonyl (C=O) groups is 2. The van der Waals surface area contributed by atoms with Crippen LogP contribution in [0.3, 0.4) is 0 Å². The zero-order chi connectivity index (χ0) is 12.4. The third kappa shape index (κ3) is 8.50. The van der Waals surface area contributed by atoms with E-state index < -0.39 is 5.97 Å². The van der Waals surface area contributed by atoms with Crippen molar-refractivity contribution in [2.45, 2.75) is 13.3 Å². The maximum atomic E-state index is 10.2. The van der Waals surface area contributed by atoms with Gasteiger partial charge in [-0.25, -0.2) is 0 Å². The molecule has 0 aromatic heterocycles. The standard InChI is InChI=1S/C8H8O2.C4H6O2/c9-8(10)6-7-4-2-1-3-5-7;1-3-6-4(2)5/h1-5H,6H2,(H,9,10);3H,1H2,2H3. The van der Waals surface area contributed by atoms with Crippen LogP contribution in [0.2, 0.25) is 0 Å². The molecule has 0 fully saturated rings. The summed E-state index contributed by atoms with van der Waals surface area (Å²) in [7, 11) is 0. The van der Waals surface area contributed by atoms with Crippen LogP contribution < -0.4 is 0 Å². The Bertz CT molecular complexity index is 343.